The van der Waals surface area contributed by atoms with E-state index < -0.39 is 0 Å². The highest BCUT2D eigenvalue weighted by molar-refractivity contribution is 5.96. The summed E-state index contributed by atoms with van der Waals surface area (Å²) in [6.45, 7) is 0.565. The maximum atomic E-state index is 12.6. The van der Waals surface area contributed by atoms with E-state index in [4.69, 9.17) is 10.1 Å². The predicted molar refractivity (Wildman–Crippen MR) is 127 cm³/mol. The quantitative estimate of drug-likeness (QED) is 0.706. The summed E-state index contributed by atoms with van der Waals surface area (Å²) in [5, 5.41) is 11.4. The molecule has 2 N–H and O–H groups in total. The highest BCUT2D eigenvalue weighted by atomic mass is 16.1. The van der Waals surface area contributed by atoms with Crippen molar-refractivity contribution in [2.45, 2.75) is 70.3 Å². The third-order valence-corrected chi connectivity index (χ3v) is 6.75. The first kappa shape index (κ1) is 20.9. The molecule has 1 fully saturated rings. The molecule has 7 nitrogen and oxygen atoms in total. The standard InChI is InChI=1S/C25H32N6O/c32-24(27-17-18-6-5-15-26-16-18)20-13-11-19(12-14-20)22-9-4-10-23-29-25(30-31(22)23)28-21-7-2-1-3-8-21/h9,11,13-16,19,21H,1-8,10,12,17H2,(H,27,32)(H,28,30). The van der Waals surface area contributed by atoms with Gasteiger partial charge < -0.3 is 10.6 Å². The molecule has 4 aliphatic rings. The molecular weight excluding hydrogens is 400 g/mol. The number of allylic oxidation sites excluding steroid dienone is 4. The minimum Gasteiger partial charge on any atom is -0.350 e. The van der Waals surface area contributed by atoms with E-state index in [1.54, 1.807) is 0 Å². The second-order valence-electron chi connectivity index (χ2n) is 9.11. The fraction of sp³-hybridized carbons (Fsp3) is 0.520. The van der Waals surface area contributed by atoms with E-state index in [-0.39, 0.29) is 11.8 Å². The number of nitrogens with one attached hydrogen (secondary N) is 2. The van der Waals surface area contributed by atoms with Crippen LogP contribution < -0.4 is 10.6 Å². The number of aromatic nitrogens is 3. The van der Waals surface area contributed by atoms with Crippen LogP contribution in [0.5, 0.6) is 0 Å². The lowest BCUT2D eigenvalue weighted by atomic mass is 9.91. The average Bonchev–Trinajstić information content (AvgIpc) is 3.26. The van der Waals surface area contributed by atoms with Crippen molar-refractivity contribution in [3.8, 4) is 0 Å². The van der Waals surface area contributed by atoms with Gasteiger partial charge in [-0.1, -0.05) is 43.6 Å². The number of carbonyl (C=O) groups excluding carboxylic acids is 1. The van der Waals surface area contributed by atoms with Crippen molar-refractivity contribution in [1.29, 1.82) is 0 Å². The minimum absolute atomic E-state index is 0.0202. The van der Waals surface area contributed by atoms with Crippen LogP contribution in [0.2, 0.25) is 0 Å². The number of hydrogen-bond donors (Lipinski definition) is 2. The molecule has 0 aromatic carbocycles. The molecule has 0 saturated heterocycles. The monoisotopic (exact) mass is 432 g/mol. The van der Waals surface area contributed by atoms with Gasteiger partial charge in [0.1, 0.15) is 5.82 Å². The summed E-state index contributed by atoms with van der Waals surface area (Å²) in [5.74, 6) is 1.99. The number of amides is 1. The molecule has 5 rings (SSSR count). The molecule has 168 valence electrons. The fourth-order valence-corrected chi connectivity index (χ4v) is 4.93. The minimum atomic E-state index is -0.0202. The van der Waals surface area contributed by atoms with E-state index >= 15 is 0 Å². The molecule has 32 heavy (non-hydrogen) atoms. The van der Waals surface area contributed by atoms with Crippen molar-refractivity contribution < 1.29 is 4.79 Å². The maximum absolute atomic E-state index is 12.6. The van der Waals surface area contributed by atoms with Gasteiger partial charge in [-0.25, -0.2) is 4.68 Å². The maximum Gasteiger partial charge on any atom is 0.251 e. The molecule has 2 aliphatic heterocycles. The molecule has 0 bridgehead atoms. The van der Waals surface area contributed by atoms with Crippen LogP contribution in [-0.2, 0) is 11.2 Å². The van der Waals surface area contributed by atoms with Crippen LogP contribution in [0.1, 0.15) is 63.6 Å². The van der Waals surface area contributed by atoms with Crippen molar-refractivity contribution in [3.05, 3.63) is 47.5 Å². The van der Waals surface area contributed by atoms with Crippen molar-refractivity contribution in [1.82, 2.24) is 20.1 Å². The summed E-state index contributed by atoms with van der Waals surface area (Å²) in [6, 6.07) is 0.496. The van der Waals surface area contributed by atoms with E-state index in [0.717, 1.165) is 49.4 Å². The Hall–Kier alpha value is -2.96. The number of hydrogen-bond acceptors (Lipinski definition) is 5. The molecule has 1 unspecified atom stereocenters. The van der Waals surface area contributed by atoms with E-state index in [2.05, 4.69) is 27.8 Å². The molecule has 2 aliphatic carbocycles. The number of aryl methyl sites for hydroxylation is 1. The fourth-order valence-electron chi connectivity index (χ4n) is 4.93. The third kappa shape index (κ3) is 4.76. The number of aliphatic imine (C=N–C) groups is 1. The predicted octanol–water partition coefficient (Wildman–Crippen LogP) is 4.18. The number of nitrogens with zero attached hydrogens (tertiary/aromatic N) is 4. The number of rotatable bonds is 6. The summed E-state index contributed by atoms with van der Waals surface area (Å²) in [6.07, 6.45) is 23.1. The van der Waals surface area contributed by atoms with Gasteiger partial charge in [0.05, 0.1) is 0 Å². The molecule has 1 aromatic heterocycles. The number of anilines is 1. The molecule has 0 spiro atoms. The van der Waals surface area contributed by atoms with Crippen LogP contribution in [0, 0.1) is 5.92 Å². The first-order chi connectivity index (χ1) is 15.8. The molecule has 0 radical (unpaired) electrons. The SMILES string of the molecule is O=C(NCC1=CN=CCC1)C1=CCC(C2=CCCc3nc(NC4CCCCC4)nn32)C=C1. The lowest BCUT2D eigenvalue weighted by molar-refractivity contribution is -0.117. The van der Waals surface area contributed by atoms with Gasteiger partial charge >= 0.3 is 0 Å². The molecule has 1 saturated carbocycles. The lowest BCUT2D eigenvalue weighted by Crippen LogP contribution is -2.28. The van der Waals surface area contributed by atoms with Crippen molar-refractivity contribution in [2.24, 2.45) is 10.9 Å². The number of fused-ring (bicyclic) bond motifs is 1. The first-order valence-corrected chi connectivity index (χ1v) is 12.1. The van der Waals surface area contributed by atoms with Crippen LogP contribution in [0.3, 0.4) is 0 Å². The first-order valence-electron chi connectivity index (χ1n) is 12.1. The van der Waals surface area contributed by atoms with Gasteiger partial charge in [-0.05, 0) is 44.1 Å². The van der Waals surface area contributed by atoms with E-state index in [0.29, 0.717) is 12.6 Å². The Morgan fingerprint density at radius 1 is 1.12 bits per heavy atom. The van der Waals surface area contributed by atoms with Gasteiger partial charge in [0.2, 0.25) is 5.95 Å². The van der Waals surface area contributed by atoms with Crippen LogP contribution in [-0.4, -0.2) is 39.5 Å². The summed E-state index contributed by atoms with van der Waals surface area (Å²) in [5.41, 5.74) is 3.08. The second kappa shape index (κ2) is 9.67. The molecular formula is C25H32N6O. The van der Waals surface area contributed by atoms with Gasteiger partial charge in [-0.2, -0.15) is 4.98 Å². The smallest absolute Gasteiger partial charge is 0.251 e. The molecule has 3 heterocycles. The third-order valence-electron chi connectivity index (χ3n) is 6.75. The highest BCUT2D eigenvalue weighted by Crippen LogP contribution is 2.31. The number of carbonyl (C=O) groups is 1. The van der Waals surface area contributed by atoms with Crippen molar-refractivity contribution >= 4 is 23.8 Å². The van der Waals surface area contributed by atoms with Gasteiger partial charge in [-0.15, -0.1) is 5.10 Å². The zero-order chi connectivity index (χ0) is 21.8. The zero-order valence-electron chi connectivity index (χ0n) is 18.6. The van der Waals surface area contributed by atoms with E-state index in [1.807, 2.05) is 29.2 Å². The summed E-state index contributed by atoms with van der Waals surface area (Å²) in [4.78, 5) is 21.5. The van der Waals surface area contributed by atoms with Crippen LogP contribution >= 0.6 is 0 Å². The van der Waals surface area contributed by atoms with Crippen molar-refractivity contribution in [2.75, 3.05) is 11.9 Å². The lowest BCUT2D eigenvalue weighted by Gasteiger charge is -2.23. The highest BCUT2D eigenvalue weighted by Gasteiger charge is 2.25. The van der Waals surface area contributed by atoms with E-state index in [9.17, 15) is 4.79 Å². The second-order valence-corrected chi connectivity index (χ2v) is 9.11. The molecule has 7 heteroatoms. The summed E-state index contributed by atoms with van der Waals surface area (Å²) in [7, 11) is 0. The molecule has 1 aromatic rings. The van der Waals surface area contributed by atoms with Crippen LogP contribution in [0.4, 0.5) is 5.95 Å². The normalized spacial score (nSPS) is 23.1. The summed E-state index contributed by atoms with van der Waals surface area (Å²) >= 11 is 0. The van der Waals surface area contributed by atoms with Crippen LogP contribution in [0.15, 0.2) is 46.6 Å². The van der Waals surface area contributed by atoms with Gasteiger partial charge in [-0.3, -0.25) is 9.79 Å². The average molecular weight is 433 g/mol. The Labute approximate surface area is 189 Å². The van der Waals surface area contributed by atoms with Gasteiger partial charge in [0.25, 0.3) is 5.91 Å². The molecule has 1 atom stereocenters. The van der Waals surface area contributed by atoms with Gasteiger partial charge in [0, 0.05) is 48.6 Å². The van der Waals surface area contributed by atoms with Crippen LogP contribution in [0.25, 0.3) is 5.70 Å². The Balaban J connectivity index is 1.20. The Morgan fingerprint density at radius 3 is 2.81 bits per heavy atom. The summed E-state index contributed by atoms with van der Waals surface area (Å²) < 4.78 is 2.03. The zero-order valence-corrected chi connectivity index (χ0v) is 18.6. The Bertz CT molecular complexity index is 1010. The topological polar surface area (TPSA) is 84.2 Å². The van der Waals surface area contributed by atoms with E-state index in [1.165, 1.54) is 43.4 Å². The van der Waals surface area contributed by atoms with Gasteiger partial charge in [0.15, 0.2) is 0 Å². The van der Waals surface area contributed by atoms with Crippen molar-refractivity contribution in [3.63, 3.8) is 0 Å². The molecule has 1 amide bonds. The Morgan fingerprint density at radius 2 is 2.03 bits per heavy atom. The largest absolute Gasteiger partial charge is 0.350 e. The Kier molecular flexibility index (Phi) is 6.32.